The van der Waals surface area contributed by atoms with Crippen molar-refractivity contribution in [1.29, 1.82) is 0 Å². The molecule has 0 heterocycles. The van der Waals surface area contributed by atoms with Gasteiger partial charge in [-0.05, 0) is 25.0 Å². The first kappa shape index (κ1) is 11.6. The van der Waals surface area contributed by atoms with Crippen LogP contribution in [0.25, 0.3) is 0 Å². The van der Waals surface area contributed by atoms with Gasteiger partial charge in [0.05, 0.1) is 19.8 Å². The SMILES string of the molecule is CCc1ccc(OC)c(OC)c1C(C)=O. The van der Waals surface area contributed by atoms with Gasteiger partial charge in [0.1, 0.15) is 0 Å². The molecule has 82 valence electrons. The first-order chi connectivity index (χ1) is 7.15. The molecular formula is C12H16O3. The van der Waals surface area contributed by atoms with Crippen LogP contribution in [-0.2, 0) is 6.42 Å². The summed E-state index contributed by atoms with van der Waals surface area (Å²) < 4.78 is 10.4. The van der Waals surface area contributed by atoms with Crippen molar-refractivity contribution in [1.82, 2.24) is 0 Å². The van der Waals surface area contributed by atoms with E-state index in [1.807, 2.05) is 19.1 Å². The molecule has 0 aliphatic carbocycles. The molecule has 0 unspecified atom stereocenters. The number of ketones is 1. The van der Waals surface area contributed by atoms with Crippen LogP contribution in [0.4, 0.5) is 0 Å². The number of hydrogen-bond acceptors (Lipinski definition) is 3. The number of ether oxygens (including phenoxy) is 2. The van der Waals surface area contributed by atoms with E-state index < -0.39 is 0 Å². The number of hydrogen-bond donors (Lipinski definition) is 0. The third-order valence-corrected chi connectivity index (χ3v) is 2.36. The summed E-state index contributed by atoms with van der Waals surface area (Å²) in [6.07, 6.45) is 0.801. The topological polar surface area (TPSA) is 35.5 Å². The Morgan fingerprint density at radius 1 is 1.27 bits per heavy atom. The average molecular weight is 208 g/mol. The third kappa shape index (κ3) is 2.12. The van der Waals surface area contributed by atoms with E-state index in [4.69, 9.17) is 9.47 Å². The lowest BCUT2D eigenvalue weighted by atomic mass is 10.0. The van der Waals surface area contributed by atoms with Crippen molar-refractivity contribution in [3.05, 3.63) is 23.3 Å². The Labute approximate surface area is 90.0 Å². The molecule has 3 heteroatoms. The average Bonchev–Trinajstić information content (AvgIpc) is 2.26. The minimum atomic E-state index is 0.00241. The van der Waals surface area contributed by atoms with Gasteiger partial charge >= 0.3 is 0 Å². The highest BCUT2D eigenvalue weighted by Gasteiger charge is 2.17. The molecular weight excluding hydrogens is 192 g/mol. The van der Waals surface area contributed by atoms with Crippen molar-refractivity contribution in [3.63, 3.8) is 0 Å². The molecule has 1 rings (SSSR count). The molecule has 0 saturated heterocycles. The van der Waals surface area contributed by atoms with Crippen LogP contribution in [0.3, 0.4) is 0 Å². The van der Waals surface area contributed by atoms with Gasteiger partial charge in [0.2, 0.25) is 0 Å². The summed E-state index contributed by atoms with van der Waals surface area (Å²) in [6.45, 7) is 3.55. The molecule has 1 aromatic carbocycles. The van der Waals surface area contributed by atoms with Gasteiger partial charge in [-0.2, -0.15) is 0 Å². The smallest absolute Gasteiger partial charge is 0.171 e. The molecule has 3 nitrogen and oxygen atoms in total. The van der Waals surface area contributed by atoms with Crippen LogP contribution >= 0.6 is 0 Å². The monoisotopic (exact) mass is 208 g/mol. The van der Waals surface area contributed by atoms with Crippen molar-refractivity contribution < 1.29 is 14.3 Å². The van der Waals surface area contributed by atoms with Crippen molar-refractivity contribution in [3.8, 4) is 11.5 Å². The van der Waals surface area contributed by atoms with Gasteiger partial charge in [0, 0.05) is 0 Å². The fourth-order valence-electron chi connectivity index (χ4n) is 1.65. The predicted molar refractivity (Wildman–Crippen MR) is 58.9 cm³/mol. The molecule has 0 aliphatic heterocycles. The number of aryl methyl sites for hydroxylation is 1. The van der Waals surface area contributed by atoms with Gasteiger partial charge in [-0.1, -0.05) is 13.0 Å². The highest BCUT2D eigenvalue weighted by Crippen LogP contribution is 2.33. The largest absolute Gasteiger partial charge is 0.493 e. The first-order valence-corrected chi connectivity index (χ1v) is 4.90. The number of rotatable bonds is 4. The van der Waals surface area contributed by atoms with E-state index >= 15 is 0 Å². The predicted octanol–water partition coefficient (Wildman–Crippen LogP) is 2.47. The van der Waals surface area contributed by atoms with Crippen LogP contribution in [-0.4, -0.2) is 20.0 Å². The molecule has 15 heavy (non-hydrogen) atoms. The molecule has 0 amide bonds. The molecule has 0 spiro atoms. The molecule has 0 aromatic heterocycles. The molecule has 0 aliphatic rings. The van der Waals surface area contributed by atoms with E-state index in [2.05, 4.69) is 0 Å². The molecule has 0 atom stereocenters. The van der Waals surface area contributed by atoms with E-state index in [0.717, 1.165) is 12.0 Å². The van der Waals surface area contributed by atoms with Crippen LogP contribution in [0.5, 0.6) is 11.5 Å². The minimum absolute atomic E-state index is 0.00241. The lowest BCUT2D eigenvalue weighted by Crippen LogP contribution is -2.04. The second-order valence-electron chi connectivity index (χ2n) is 3.24. The van der Waals surface area contributed by atoms with E-state index in [9.17, 15) is 4.79 Å². The molecule has 0 radical (unpaired) electrons. The fraction of sp³-hybridized carbons (Fsp3) is 0.417. The van der Waals surface area contributed by atoms with Crippen LogP contribution in [0.2, 0.25) is 0 Å². The number of benzene rings is 1. The summed E-state index contributed by atoms with van der Waals surface area (Å²) >= 11 is 0. The molecule has 0 bridgehead atoms. The Morgan fingerprint density at radius 3 is 2.33 bits per heavy atom. The number of carbonyl (C=O) groups is 1. The van der Waals surface area contributed by atoms with Gasteiger partial charge < -0.3 is 9.47 Å². The quantitative estimate of drug-likeness (QED) is 0.713. The molecule has 0 fully saturated rings. The van der Waals surface area contributed by atoms with Crippen LogP contribution in [0, 0.1) is 0 Å². The number of Topliss-reactive ketones (excluding diaryl/α,β-unsaturated/α-hetero) is 1. The van der Waals surface area contributed by atoms with Crippen molar-refractivity contribution in [2.75, 3.05) is 14.2 Å². The fourth-order valence-corrected chi connectivity index (χ4v) is 1.65. The van der Waals surface area contributed by atoms with Gasteiger partial charge in [0.25, 0.3) is 0 Å². The molecule has 0 N–H and O–H groups in total. The highest BCUT2D eigenvalue weighted by atomic mass is 16.5. The lowest BCUT2D eigenvalue weighted by molar-refractivity contribution is 0.101. The zero-order valence-corrected chi connectivity index (χ0v) is 9.59. The maximum atomic E-state index is 11.5. The van der Waals surface area contributed by atoms with Crippen molar-refractivity contribution in [2.24, 2.45) is 0 Å². The summed E-state index contributed by atoms with van der Waals surface area (Å²) in [4.78, 5) is 11.5. The van der Waals surface area contributed by atoms with Gasteiger partial charge in [0.15, 0.2) is 17.3 Å². The summed E-state index contributed by atoms with van der Waals surface area (Å²) in [7, 11) is 3.11. The van der Waals surface area contributed by atoms with E-state index in [1.54, 1.807) is 14.2 Å². The second-order valence-corrected chi connectivity index (χ2v) is 3.24. The number of methoxy groups -OCH3 is 2. The van der Waals surface area contributed by atoms with E-state index in [1.165, 1.54) is 6.92 Å². The Hall–Kier alpha value is -1.51. The van der Waals surface area contributed by atoms with Crippen LogP contribution in [0.1, 0.15) is 29.8 Å². The maximum absolute atomic E-state index is 11.5. The Bertz CT molecular complexity index is 369. The minimum Gasteiger partial charge on any atom is -0.493 e. The Morgan fingerprint density at radius 2 is 1.93 bits per heavy atom. The van der Waals surface area contributed by atoms with E-state index in [-0.39, 0.29) is 5.78 Å². The van der Waals surface area contributed by atoms with E-state index in [0.29, 0.717) is 17.1 Å². The summed E-state index contributed by atoms with van der Waals surface area (Å²) in [5.41, 5.74) is 1.61. The molecule has 1 aromatic rings. The summed E-state index contributed by atoms with van der Waals surface area (Å²) in [5.74, 6) is 1.13. The summed E-state index contributed by atoms with van der Waals surface area (Å²) in [6, 6.07) is 3.72. The standard InChI is InChI=1S/C12H16O3/c1-5-9-6-7-10(14-3)12(15-4)11(9)8(2)13/h6-7H,5H2,1-4H3. The first-order valence-electron chi connectivity index (χ1n) is 4.90. The van der Waals surface area contributed by atoms with Gasteiger partial charge in [-0.3, -0.25) is 4.79 Å². The van der Waals surface area contributed by atoms with Gasteiger partial charge in [-0.25, -0.2) is 0 Å². The highest BCUT2D eigenvalue weighted by molar-refractivity contribution is 5.99. The third-order valence-electron chi connectivity index (χ3n) is 2.36. The van der Waals surface area contributed by atoms with Gasteiger partial charge in [-0.15, -0.1) is 0 Å². The maximum Gasteiger partial charge on any atom is 0.171 e. The zero-order valence-electron chi connectivity index (χ0n) is 9.59. The number of carbonyl (C=O) groups excluding carboxylic acids is 1. The normalized spacial score (nSPS) is 9.87. The van der Waals surface area contributed by atoms with Crippen molar-refractivity contribution in [2.45, 2.75) is 20.3 Å². The Balaban J connectivity index is 3.44. The summed E-state index contributed by atoms with van der Waals surface area (Å²) in [5, 5.41) is 0. The zero-order chi connectivity index (χ0) is 11.4. The van der Waals surface area contributed by atoms with Crippen LogP contribution in [0.15, 0.2) is 12.1 Å². The van der Waals surface area contributed by atoms with Crippen LogP contribution < -0.4 is 9.47 Å². The van der Waals surface area contributed by atoms with Crippen molar-refractivity contribution >= 4 is 5.78 Å². The second kappa shape index (κ2) is 4.82. The molecule has 0 saturated carbocycles. The Kier molecular flexibility index (Phi) is 3.72. The lowest BCUT2D eigenvalue weighted by Gasteiger charge is -2.14.